The fourth-order valence-electron chi connectivity index (χ4n) is 1.05. The van der Waals surface area contributed by atoms with Crippen LogP contribution >= 0.6 is 0 Å². The van der Waals surface area contributed by atoms with Gasteiger partial charge in [-0.15, -0.1) is 0 Å². The van der Waals surface area contributed by atoms with E-state index in [0.717, 1.165) is 6.07 Å². The molecule has 10 heteroatoms. The van der Waals surface area contributed by atoms with E-state index in [2.05, 4.69) is 0 Å². The Kier molecular flexibility index (Phi) is 3.93. The fraction of sp³-hybridized carbons (Fsp3) is 0.125. The monoisotopic (exact) mass is 277 g/mol. The van der Waals surface area contributed by atoms with Crippen molar-refractivity contribution in [3.8, 4) is 0 Å². The molecule has 1 aromatic carbocycles. The maximum absolute atomic E-state index is 13.0. The highest BCUT2D eigenvalue weighted by Crippen LogP contribution is 2.21. The van der Waals surface area contributed by atoms with E-state index < -0.39 is 43.8 Å². The molecule has 8 nitrogen and oxygen atoms in total. The van der Waals surface area contributed by atoms with E-state index >= 15 is 0 Å². The first kappa shape index (κ1) is 14.0. The minimum atomic E-state index is -4.15. The lowest BCUT2D eigenvalue weighted by atomic mass is 10.3. The van der Waals surface area contributed by atoms with Gasteiger partial charge in [0, 0.05) is 6.07 Å². The Labute approximate surface area is 101 Å². The summed E-state index contributed by atoms with van der Waals surface area (Å²) in [6, 6.07) is 2.04. The number of hydrogen-bond donors (Lipinski definition) is 2. The van der Waals surface area contributed by atoms with Crippen molar-refractivity contribution in [2.75, 3.05) is 6.54 Å². The van der Waals surface area contributed by atoms with Crippen molar-refractivity contribution >= 4 is 21.6 Å². The molecule has 98 valence electrons. The highest BCUT2D eigenvalue weighted by molar-refractivity contribution is 7.89. The number of amides is 1. The lowest BCUT2D eigenvalue weighted by Crippen LogP contribution is -2.33. The zero-order valence-electron chi connectivity index (χ0n) is 8.79. The molecule has 0 aliphatic rings. The van der Waals surface area contributed by atoms with E-state index in [1.54, 1.807) is 0 Å². The van der Waals surface area contributed by atoms with Crippen LogP contribution in [0.25, 0.3) is 0 Å². The van der Waals surface area contributed by atoms with Crippen LogP contribution in [0.4, 0.5) is 10.1 Å². The number of nitro benzene ring substituents is 1. The number of nitro groups is 1. The van der Waals surface area contributed by atoms with Crippen LogP contribution in [0.1, 0.15) is 0 Å². The molecule has 18 heavy (non-hydrogen) atoms. The number of nitrogens with two attached hydrogens (primary N) is 1. The molecule has 1 rings (SSSR count). The Bertz CT molecular complexity index is 601. The normalized spacial score (nSPS) is 11.2. The third-order valence-electron chi connectivity index (χ3n) is 1.86. The predicted molar refractivity (Wildman–Crippen MR) is 57.4 cm³/mol. The summed E-state index contributed by atoms with van der Waals surface area (Å²) in [6.45, 7) is -0.659. The minimum Gasteiger partial charge on any atom is -0.369 e. The molecule has 0 bridgehead atoms. The van der Waals surface area contributed by atoms with Crippen LogP contribution in [-0.2, 0) is 14.8 Å². The first-order valence-corrected chi connectivity index (χ1v) is 5.94. The van der Waals surface area contributed by atoms with E-state index in [0.29, 0.717) is 12.1 Å². The quantitative estimate of drug-likeness (QED) is 0.553. The zero-order chi connectivity index (χ0) is 13.9. The molecule has 0 atom stereocenters. The van der Waals surface area contributed by atoms with Crippen LogP contribution < -0.4 is 10.5 Å². The van der Waals surface area contributed by atoms with Gasteiger partial charge in [0.2, 0.25) is 21.7 Å². The molecule has 0 saturated carbocycles. The maximum atomic E-state index is 13.0. The van der Waals surface area contributed by atoms with Crippen molar-refractivity contribution in [2.45, 2.75) is 4.90 Å². The first-order chi connectivity index (χ1) is 8.24. The molecule has 0 aromatic heterocycles. The second-order valence-electron chi connectivity index (χ2n) is 3.16. The summed E-state index contributed by atoms with van der Waals surface area (Å²) >= 11 is 0. The summed E-state index contributed by atoms with van der Waals surface area (Å²) in [5, 5.41) is 10.4. The molecule has 1 aromatic rings. The number of sulfonamides is 1. The maximum Gasteiger partial charge on any atom is 0.306 e. The molecular weight excluding hydrogens is 269 g/mol. The third-order valence-corrected chi connectivity index (χ3v) is 3.26. The van der Waals surface area contributed by atoms with Crippen molar-refractivity contribution in [2.24, 2.45) is 5.73 Å². The molecule has 0 radical (unpaired) electrons. The number of halogens is 1. The number of hydrogen-bond acceptors (Lipinski definition) is 5. The number of nitrogens with zero attached hydrogens (tertiary/aromatic N) is 1. The number of carbonyl (C=O) groups is 1. The topological polar surface area (TPSA) is 132 Å². The predicted octanol–water partition coefficient (Wildman–Crippen LogP) is -0.502. The Hall–Kier alpha value is -2.07. The van der Waals surface area contributed by atoms with Gasteiger partial charge in [0.15, 0.2) is 0 Å². The minimum absolute atomic E-state index is 0.531. The Balaban J connectivity index is 3.14. The number of nitrogens with one attached hydrogen (secondary N) is 1. The van der Waals surface area contributed by atoms with Gasteiger partial charge >= 0.3 is 5.69 Å². The Morgan fingerprint density at radius 2 is 2.11 bits per heavy atom. The van der Waals surface area contributed by atoms with Crippen LogP contribution in [0.5, 0.6) is 0 Å². The van der Waals surface area contributed by atoms with Gasteiger partial charge in [-0.05, 0) is 12.1 Å². The smallest absolute Gasteiger partial charge is 0.306 e. The van der Waals surface area contributed by atoms with Crippen LogP contribution in [0, 0.1) is 15.9 Å². The van der Waals surface area contributed by atoms with E-state index in [4.69, 9.17) is 5.73 Å². The molecule has 0 aliphatic heterocycles. The summed E-state index contributed by atoms with van der Waals surface area (Å²) in [5.74, 6) is -2.08. The highest BCUT2D eigenvalue weighted by atomic mass is 32.2. The number of carbonyl (C=O) groups excluding carboxylic acids is 1. The first-order valence-electron chi connectivity index (χ1n) is 4.46. The van der Waals surface area contributed by atoms with Crippen molar-refractivity contribution in [3.63, 3.8) is 0 Å². The largest absolute Gasteiger partial charge is 0.369 e. The summed E-state index contributed by atoms with van der Waals surface area (Å²) in [5.41, 5.74) is 3.77. The van der Waals surface area contributed by atoms with Gasteiger partial charge in [-0.1, -0.05) is 0 Å². The Morgan fingerprint density at radius 1 is 1.50 bits per heavy atom. The number of primary amides is 1. The van der Waals surface area contributed by atoms with Crippen molar-refractivity contribution in [1.82, 2.24) is 4.72 Å². The van der Waals surface area contributed by atoms with Gasteiger partial charge in [0.25, 0.3) is 0 Å². The number of benzene rings is 1. The molecule has 0 fully saturated rings. The van der Waals surface area contributed by atoms with Gasteiger partial charge in [0.1, 0.15) is 0 Å². The van der Waals surface area contributed by atoms with Crippen LogP contribution in [0.3, 0.4) is 0 Å². The van der Waals surface area contributed by atoms with Crippen LogP contribution in [0.15, 0.2) is 23.1 Å². The standard InChI is InChI=1S/C8H8FN3O5S/c9-6-2-1-5(3-7(6)12(14)15)18(16,17)11-4-8(10)13/h1-3,11H,4H2,(H2,10,13). The van der Waals surface area contributed by atoms with Crippen molar-refractivity contribution in [1.29, 1.82) is 0 Å². The van der Waals surface area contributed by atoms with Crippen LogP contribution in [-0.4, -0.2) is 25.8 Å². The molecule has 0 aliphatic carbocycles. The SMILES string of the molecule is NC(=O)CNS(=O)(=O)c1ccc(F)c([N+](=O)[O-])c1. The third kappa shape index (κ3) is 3.21. The van der Waals surface area contributed by atoms with Gasteiger partial charge in [0.05, 0.1) is 16.4 Å². The highest BCUT2D eigenvalue weighted by Gasteiger charge is 2.21. The van der Waals surface area contributed by atoms with E-state index in [9.17, 15) is 27.7 Å². The van der Waals surface area contributed by atoms with Gasteiger partial charge < -0.3 is 5.73 Å². The van der Waals surface area contributed by atoms with Crippen LogP contribution in [0.2, 0.25) is 0 Å². The van der Waals surface area contributed by atoms with E-state index in [-0.39, 0.29) is 0 Å². The summed E-state index contributed by atoms with van der Waals surface area (Å²) in [6.07, 6.45) is 0. The second-order valence-corrected chi connectivity index (χ2v) is 4.93. The molecule has 1 amide bonds. The summed E-state index contributed by atoms with van der Waals surface area (Å²) in [4.78, 5) is 19.3. The van der Waals surface area contributed by atoms with Crippen molar-refractivity contribution in [3.05, 3.63) is 34.1 Å². The molecule has 3 N–H and O–H groups in total. The van der Waals surface area contributed by atoms with Gasteiger partial charge in [-0.3, -0.25) is 14.9 Å². The molecular formula is C8H8FN3O5S. The molecule has 0 saturated heterocycles. The van der Waals surface area contributed by atoms with Gasteiger partial charge in [-0.25, -0.2) is 13.1 Å². The number of rotatable bonds is 5. The van der Waals surface area contributed by atoms with Crippen molar-refractivity contribution < 1.29 is 22.5 Å². The fourth-order valence-corrected chi connectivity index (χ4v) is 2.06. The molecule has 0 unspecified atom stereocenters. The molecule has 0 spiro atoms. The lowest BCUT2D eigenvalue weighted by molar-refractivity contribution is -0.387. The molecule has 0 heterocycles. The van der Waals surface area contributed by atoms with E-state index in [1.807, 2.05) is 4.72 Å². The summed E-state index contributed by atoms with van der Waals surface area (Å²) in [7, 11) is -4.15. The average molecular weight is 277 g/mol. The second kappa shape index (κ2) is 5.06. The Morgan fingerprint density at radius 3 is 2.61 bits per heavy atom. The zero-order valence-corrected chi connectivity index (χ0v) is 9.61. The van der Waals surface area contributed by atoms with E-state index in [1.165, 1.54) is 0 Å². The summed E-state index contributed by atoms with van der Waals surface area (Å²) < 4.78 is 37.9. The lowest BCUT2D eigenvalue weighted by Gasteiger charge is -2.04. The van der Waals surface area contributed by atoms with Gasteiger partial charge in [-0.2, -0.15) is 4.39 Å². The average Bonchev–Trinajstić information content (AvgIpc) is 2.26.